The highest BCUT2D eigenvalue weighted by Crippen LogP contribution is 2.41. The number of hydrogen-bond acceptors (Lipinski definition) is 4. The fourth-order valence-corrected chi connectivity index (χ4v) is 1.95. The summed E-state index contributed by atoms with van der Waals surface area (Å²) in [6.07, 6.45) is 0.654. The zero-order chi connectivity index (χ0) is 9.71. The number of carbonyl (C=O) groups is 1. The number of benzene rings is 1. The Morgan fingerprint density at radius 1 is 1.36 bits per heavy atom. The predicted octanol–water partition coefficient (Wildman–Crippen LogP) is 0.998. The molecular formula is C10H8O4. The molecule has 14 heavy (non-hydrogen) atoms. The van der Waals surface area contributed by atoms with E-state index >= 15 is 0 Å². The summed E-state index contributed by atoms with van der Waals surface area (Å²) in [5.74, 6) is 0.371. The molecule has 0 saturated carbocycles. The molecule has 0 radical (unpaired) electrons. The number of aromatic hydroxyl groups is 1. The highest BCUT2D eigenvalue weighted by molar-refractivity contribution is 5.97. The molecule has 4 heteroatoms. The molecule has 3 rings (SSSR count). The maximum absolute atomic E-state index is 11.4. The molecule has 0 fully saturated rings. The predicted molar refractivity (Wildman–Crippen MR) is 46.4 cm³/mol. The Morgan fingerprint density at radius 2 is 2.21 bits per heavy atom. The second-order valence-electron chi connectivity index (χ2n) is 3.41. The minimum absolute atomic E-state index is 0.203. The van der Waals surface area contributed by atoms with E-state index < -0.39 is 0 Å². The summed E-state index contributed by atoms with van der Waals surface area (Å²) in [5, 5.41) is 9.63. The summed E-state index contributed by atoms with van der Waals surface area (Å²) in [7, 11) is 0. The molecule has 0 bridgehead atoms. The Hall–Kier alpha value is -1.71. The number of phenolic OH excluding ortho intramolecular Hbond substituents is 1. The van der Waals surface area contributed by atoms with E-state index in [9.17, 15) is 9.90 Å². The largest absolute Gasteiger partial charge is 0.508 e. The van der Waals surface area contributed by atoms with Crippen LogP contribution in [-0.4, -0.2) is 17.7 Å². The first-order chi connectivity index (χ1) is 6.77. The number of rotatable bonds is 0. The van der Waals surface area contributed by atoms with Gasteiger partial charge in [0.2, 0.25) is 0 Å². The molecule has 0 amide bonds. The van der Waals surface area contributed by atoms with Crippen molar-refractivity contribution >= 4 is 5.97 Å². The Kier molecular flexibility index (Phi) is 1.32. The van der Waals surface area contributed by atoms with E-state index in [1.807, 2.05) is 0 Å². The van der Waals surface area contributed by atoms with Crippen molar-refractivity contribution in [2.24, 2.45) is 0 Å². The number of hydrogen-bond donors (Lipinski definition) is 1. The van der Waals surface area contributed by atoms with Crippen molar-refractivity contribution in [3.63, 3.8) is 0 Å². The molecule has 72 valence electrons. The van der Waals surface area contributed by atoms with Crippen molar-refractivity contribution in [3.05, 3.63) is 22.8 Å². The van der Waals surface area contributed by atoms with E-state index in [-0.39, 0.29) is 18.3 Å². The molecule has 0 unspecified atom stereocenters. The van der Waals surface area contributed by atoms with Crippen LogP contribution in [0.5, 0.6) is 11.5 Å². The number of cyclic esters (lactones) is 1. The van der Waals surface area contributed by atoms with Gasteiger partial charge in [-0.05, 0) is 6.07 Å². The quantitative estimate of drug-likeness (QED) is 0.623. The van der Waals surface area contributed by atoms with E-state index in [1.165, 1.54) is 0 Å². The van der Waals surface area contributed by atoms with Gasteiger partial charge in [0.05, 0.1) is 6.61 Å². The Labute approximate surface area is 80.1 Å². The summed E-state index contributed by atoms with van der Waals surface area (Å²) in [4.78, 5) is 11.4. The van der Waals surface area contributed by atoms with Crippen LogP contribution in [0.25, 0.3) is 0 Å². The third kappa shape index (κ3) is 0.801. The minimum Gasteiger partial charge on any atom is -0.508 e. The van der Waals surface area contributed by atoms with E-state index in [1.54, 1.807) is 6.07 Å². The Morgan fingerprint density at radius 3 is 3.07 bits per heavy atom. The van der Waals surface area contributed by atoms with Gasteiger partial charge < -0.3 is 14.6 Å². The summed E-state index contributed by atoms with van der Waals surface area (Å²) in [5.41, 5.74) is 1.94. The molecule has 2 aliphatic rings. The number of phenols is 1. The van der Waals surface area contributed by atoms with Gasteiger partial charge in [0.1, 0.15) is 23.7 Å². The van der Waals surface area contributed by atoms with Crippen LogP contribution in [0.15, 0.2) is 6.07 Å². The molecule has 0 saturated heterocycles. The maximum atomic E-state index is 11.4. The Bertz CT molecular complexity index is 436. The Balaban J connectivity index is 2.33. The number of esters is 1. The normalized spacial score (nSPS) is 17.3. The molecule has 1 N–H and O–H groups in total. The van der Waals surface area contributed by atoms with Crippen LogP contribution in [-0.2, 0) is 17.8 Å². The van der Waals surface area contributed by atoms with Crippen molar-refractivity contribution in [1.29, 1.82) is 0 Å². The van der Waals surface area contributed by atoms with Crippen LogP contribution < -0.4 is 4.74 Å². The van der Waals surface area contributed by atoms with Crippen LogP contribution in [0.1, 0.15) is 21.5 Å². The van der Waals surface area contributed by atoms with E-state index in [2.05, 4.69) is 0 Å². The molecule has 2 heterocycles. The van der Waals surface area contributed by atoms with Gasteiger partial charge >= 0.3 is 5.97 Å². The fraction of sp³-hybridized carbons (Fsp3) is 0.300. The average Bonchev–Trinajstić information content (AvgIpc) is 2.72. The van der Waals surface area contributed by atoms with Crippen LogP contribution in [0.4, 0.5) is 0 Å². The first-order valence-corrected chi connectivity index (χ1v) is 4.45. The standard InChI is InChI=1S/C10H8O4/c11-7-3-5-4-14-10(12)8(5)9-6(7)1-2-13-9/h3,11H,1-2,4H2. The van der Waals surface area contributed by atoms with Gasteiger partial charge in [-0.2, -0.15) is 0 Å². The minimum atomic E-state index is -0.349. The topological polar surface area (TPSA) is 55.8 Å². The lowest BCUT2D eigenvalue weighted by atomic mass is 10.0. The maximum Gasteiger partial charge on any atom is 0.342 e. The monoisotopic (exact) mass is 192 g/mol. The van der Waals surface area contributed by atoms with Gasteiger partial charge in [-0.15, -0.1) is 0 Å². The summed E-state index contributed by atoms with van der Waals surface area (Å²) in [6.45, 7) is 0.755. The lowest BCUT2D eigenvalue weighted by Crippen LogP contribution is -1.98. The second kappa shape index (κ2) is 2.41. The van der Waals surface area contributed by atoms with Crippen molar-refractivity contribution in [3.8, 4) is 11.5 Å². The molecule has 1 aromatic carbocycles. The van der Waals surface area contributed by atoms with Crippen LogP contribution >= 0.6 is 0 Å². The molecule has 4 nitrogen and oxygen atoms in total. The smallest absolute Gasteiger partial charge is 0.342 e. The lowest BCUT2D eigenvalue weighted by molar-refractivity contribution is 0.0532. The summed E-state index contributed by atoms with van der Waals surface area (Å²) in [6, 6.07) is 1.59. The summed E-state index contributed by atoms with van der Waals surface area (Å²) < 4.78 is 10.2. The van der Waals surface area contributed by atoms with Crippen molar-refractivity contribution in [2.45, 2.75) is 13.0 Å². The SMILES string of the molecule is O=C1OCc2cc(O)c3c(c21)OCC3. The van der Waals surface area contributed by atoms with E-state index in [0.29, 0.717) is 29.9 Å². The van der Waals surface area contributed by atoms with E-state index in [0.717, 1.165) is 5.56 Å². The van der Waals surface area contributed by atoms with Crippen LogP contribution in [0, 0.1) is 0 Å². The third-order valence-corrected chi connectivity index (χ3v) is 2.60. The average molecular weight is 192 g/mol. The second-order valence-corrected chi connectivity index (χ2v) is 3.41. The number of carbonyl (C=O) groups excluding carboxylic acids is 1. The number of ether oxygens (including phenoxy) is 2. The highest BCUT2D eigenvalue weighted by atomic mass is 16.5. The van der Waals surface area contributed by atoms with Gasteiger partial charge in [0, 0.05) is 17.5 Å². The van der Waals surface area contributed by atoms with E-state index in [4.69, 9.17) is 9.47 Å². The van der Waals surface area contributed by atoms with Crippen LogP contribution in [0.2, 0.25) is 0 Å². The molecule has 0 aliphatic carbocycles. The van der Waals surface area contributed by atoms with Crippen molar-refractivity contribution in [2.75, 3.05) is 6.61 Å². The highest BCUT2D eigenvalue weighted by Gasteiger charge is 2.32. The van der Waals surface area contributed by atoms with Gasteiger partial charge in [-0.25, -0.2) is 4.79 Å². The van der Waals surface area contributed by atoms with Crippen LogP contribution in [0.3, 0.4) is 0 Å². The molecule has 0 aromatic heterocycles. The van der Waals surface area contributed by atoms with Crippen molar-refractivity contribution in [1.82, 2.24) is 0 Å². The zero-order valence-electron chi connectivity index (χ0n) is 7.37. The summed E-state index contributed by atoms with van der Waals surface area (Å²) >= 11 is 0. The van der Waals surface area contributed by atoms with Gasteiger partial charge in [-0.1, -0.05) is 0 Å². The molecule has 0 atom stereocenters. The van der Waals surface area contributed by atoms with Gasteiger partial charge in [-0.3, -0.25) is 0 Å². The van der Waals surface area contributed by atoms with Gasteiger partial charge in [0.25, 0.3) is 0 Å². The lowest BCUT2D eigenvalue weighted by Gasteiger charge is -2.04. The molecule has 0 spiro atoms. The molecule has 2 aliphatic heterocycles. The zero-order valence-corrected chi connectivity index (χ0v) is 7.37. The third-order valence-electron chi connectivity index (χ3n) is 2.60. The van der Waals surface area contributed by atoms with Gasteiger partial charge in [0.15, 0.2) is 0 Å². The molecular weight excluding hydrogens is 184 g/mol. The first-order valence-electron chi connectivity index (χ1n) is 4.45. The number of fused-ring (bicyclic) bond motifs is 3. The molecule has 1 aromatic rings. The van der Waals surface area contributed by atoms with Crippen molar-refractivity contribution < 1.29 is 19.4 Å². The first kappa shape index (κ1) is 7.67. The fourth-order valence-electron chi connectivity index (χ4n) is 1.95.